The number of rotatable bonds is 7. The van der Waals surface area contributed by atoms with Crippen LogP contribution in [0.2, 0.25) is 0 Å². The average molecular weight is 428 g/mol. The predicted octanol–water partition coefficient (Wildman–Crippen LogP) is 0.860. The molecule has 31 heavy (non-hydrogen) atoms. The van der Waals surface area contributed by atoms with E-state index < -0.39 is 30.3 Å². The lowest BCUT2D eigenvalue weighted by atomic mass is 9.91. The van der Waals surface area contributed by atoms with Crippen molar-refractivity contribution in [3.8, 4) is 5.75 Å². The first-order valence-electron chi connectivity index (χ1n) is 9.07. The highest BCUT2D eigenvalue weighted by atomic mass is 16.7. The first kappa shape index (κ1) is 21.7. The molecule has 0 aromatic heterocycles. The third-order valence-electron chi connectivity index (χ3n) is 4.46. The minimum Gasteiger partial charge on any atom is -0.478 e. The highest BCUT2D eigenvalue weighted by molar-refractivity contribution is 6.05. The molecule has 2 aromatic rings. The van der Waals surface area contributed by atoms with Gasteiger partial charge in [-0.15, -0.1) is 0 Å². The molecule has 0 bridgehead atoms. The Balaban J connectivity index is 1.71. The average Bonchev–Trinajstić information content (AvgIpc) is 3.13. The van der Waals surface area contributed by atoms with E-state index in [1.54, 1.807) is 30.3 Å². The van der Waals surface area contributed by atoms with Crippen molar-refractivity contribution in [3.05, 3.63) is 59.7 Å². The lowest BCUT2D eigenvalue weighted by Gasteiger charge is -2.22. The summed E-state index contributed by atoms with van der Waals surface area (Å²) in [6.07, 6.45) is -2.63. The van der Waals surface area contributed by atoms with Gasteiger partial charge in [-0.25, -0.2) is 9.59 Å². The summed E-state index contributed by atoms with van der Waals surface area (Å²) in [5.41, 5.74) is 4.90. The summed E-state index contributed by atoms with van der Waals surface area (Å²) in [5.74, 6) is -2.03. The number of nitrogens with one attached hydrogen (secondary N) is 2. The molecule has 162 valence electrons. The van der Waals surface area contributed by atoms with Crippen LogP contribution >= 0.6 is 0 Å². The van der Waals surface area contributed by atoms with Crippen LogP contribution < -0.4 is 15.8 Å². The normalized spacial score (nSPS) is 17.6. The van der Waals surface area contributed by atoms with Crippen molar-refractivity contribution < 1.29 is 34.5 Å². The Morgan fingerprint density at radius 2 is 1.97 bits per heavy atom. The molecule has 2 aromatic carbocycles. The van der Waals surface area contributed by atoms with Gasteiger partial charge in [-0.1, -0.05) is 17.3 Å². The van der Waals surface area contributed by atoms with Crippen LogP contribution in [0, 0.1) is 5.41 Å². The number of hydrogen-bond donors (Lipinski definition) is 6. The van der Waals surface area contributed by atoms with Gasteiger partial charge in [-0.05, 0) is 36.4 Å². The summed E-state index contributed by atoms with van der Waals surface area (Å²) < 4.78 is 5.37. The van der Waals surface area contributed by atoms with Gasteiger partial charge < -0.3 is 35.9 Å². The van der Waals surface area contributed by atoms with Crippen LogP contribution in [0.5, 0.6) is 5.75 Å². The minimum atomic E-state index is -1.88. The van der Waals surface area contributed by atoms with Crippen molar-refractivity contribution in [1.82, 2.24) is 0 Å². The molecule has 1 atom stereocenters. The second kappa shape index (κ2) is 8.81. The standard InChI is InChI=1S/C20H20N4O7/c21-19(22)23-13-6-4-11(5-7-13)17(27)30-14-3-1-2-12(8-14)15-9-20(18(28)29,31-24-15)10-16(25)26/h1-8,16,25-26H,9-10H2,(H,28,29)(H4,21,22,23)/t20-/m0/s1. The van der Waals surface area contributed by atoms with Crippen molar-refractivity contribution in [2.24, 2.45) is 10.9 Å². The van der Waals surface area contributed by atoms with Crippen LogP contribution in [0.3, 0.4) is 0 Å². The van der Waals surface area contributed by atoms with Gasteiger partial charge in [0.05, 0.1) is 17.7 Å². The summed E-state index contributed by atoms with van der Waals surface area (Å²) in [6, 6.07) is 12.4. The second-order valence-electron chi connectivity index (χ2n) is 6.82. The molecule has 0 spiro atoms. The molecule has 0 radical (unpaired) electrons. The highest BCUT2D eigenvalue weighted by Crippen LogP contribution is 2.32. The number of guanidine groups is 1. The van der Waals surface area contributed by atoms with E-state index in [2.05, 4.69) is 10.5 Å². The number of aliphatic carboxylic acids is 1. The van der Waals surface area contributed by atoms with E-state index in [1.807, 2.05) is 0 Å². The molecular formula is C20H20N4O7. The van der Waals surface area contributed by atoms with Gasteiger partial charge in [-0.3, -0.25) is 5.41 Å². The smallest absolute Gasteiger partial charge is 0.351 e. The third kappa shape index (κ3) is 5.15. The van der Waals surface area contributed by atoms with E-state index in [1.165, 1.54) is 18.2 Å². The fourth-order valence-corrected chi connectivity index (χ4v) is 2.99. The fraction of sp³-hybridized carbons (Fsp3) is 0.200. The van der Waals surface area contributed by atoms with Crippen molar-refractivity contribution >= 4 is 29.3 Å². The molecule has 0 unspecified atom stereocenters. The summed E-state index contributed by atoms with van der Waals surface area (Å²) in [4.78, 5) is 29.0. The minimum absolute atomic E-state index is 0.192. The number of carboxylic acids is 1. The molecule has 1 heterocycles. The predicted molar refractivity (Wildman–Crippen MR) is 109 cm³/mol. The fourth-order valence-electron chi connectivity index (χ4n) is 2.99. The number of aliphatic hydroxyl groups is 2. The topological polar surface area (TPSA) is 188 Å². The number of nitrogens with two attached hydrogens (primary N) is 1. The van der Waals surface area contributed by atoms with E-state index in [0.29, 0.717) is 11.3 Å². The van der Waals surface area contributed by atoms with Crippen molar-refractivity contribution in [2.45, 2.75) is 24.7 Å². The van der Waals surface area contributed by atoms with Crippen molar-refractivity contribution in [2.75, 3.05) is 5.32 Å². The van der Waals surface area contributed by atoms with Crippen LogP contribution in [0.25, 0.3) is 0 Å². The van der Waals surface area contributed by atoms with Crippen molar-refractivity contribution in [3.63, 3.8) is 0 Å². The number of carbonyl (C=O) groups is 2. The molecule has 1 aliphatic rings. The summed E-state index contributed by atoms with van der Waals surface area (Å²) in [6.45, 7) is 0. The van der Waals surface area contributed by atoms with Gasteiger partial charge in [0.25, 0.3) is 0 Å². The number of hydrogen-bond acceptors (Lipinski definition) is 8. The highest BCUT2D eigenvalue weighted by Gasteiger charge is 2.48. The molecule has 1 aliphatic heterocycles. The van der Waals surface area contributed by atoms with Gasteiger partial charge in [-0.2, -0.15) is 0 Å². The van der Waals surface area contributed by atoms with Crippen LogP contribution in [0.15, 0.2) is 53.7 Å². The molecule has 0 saturated carbocycles. The first-order chi connectivity index (χ1) is 14.7. The number of ether oxygens (including phenoxy) is 1. The Hall–Kier alpha value is -3.96. The lowest BCUT2D eigenvalue weighted by Crippen LogP contribution is -2.42. The number of aliphatic hydroxyl groups excluding tert-OH is 1. The molecule has 7 N–H and O–H groups in total. The molecule has 11 heteroatoms. The van der Waals surface area contributed by atoms with E-state index in [-0.39, 0.29) is 29.4 Å². The zero-order valence-electron chi connectivity index (χ0n) is 16.1. The second-order valence-corrected chi connectivity index (χ2v) is 6.82. The Morgan fingerprint density at radius 1 is 1.26 bits per heavy atom. The van der Waals surface area contributed by atoms with Crippen LogP contribution in [-0.4, -0.2) is 50.8 Å². The largest absolute Gasteiger partial charge is 0.478 e. The molecule has 11 nitrogen and oxygen atoms in total. The zero-order valence-corrected chi connectivity index (χ0v) is 16.1. The third-order valence-corrected chi connectivity index (χ3v) is 4.46. The number of oxime groups is 1. The molecule has 0 fully saturated rings. The van der Waals surface area contributed by atoms with Gasteiger partial charge in [0, 0.05) is 17.7 Å². The monoisotopic (exact) mass is 428 g/mol. The number of nitrogens with zero attached hydrogens (tertiary/aromatic N) is 1. The van der Waals surface area contributed by atoms with E-state index in [4.69, 9.17) is 20.7 Å². The van der Waals surface area contributed by atoms with Gasteiger partial charge in [0.1, 0.15) is 5.75 Å². The van der Waals surface area contributed by atoms with Crippen LogP contribution in [0.4, 0.5) is 5.69 Å². The number of carbonyl (C=O) groups excluding carboxylic acids is 1. The van der Waals surface area contributed by atoms with Gasteiger partial charge >= 0.3 is 11.9 Å². The Kier molecular flexibility index (Phi) is 6.18. The summed E-state index contributed by atoms with van der Waals surface area (Å²) >= 11 is 0. The zero-order chi connectivity index (χ0) is 22.6. The maximum Gasteiger partial charge on any atom is 0.351 e. The lowest BCUT2D eigenvalue weighted by molar-refractivity contribution is -0.175. The molecular weight excluding hydrogens is 408 g/mol. The van der Waals surface area contributed by atoms with Gasteiger partial charge in [0.15, 0.2) is 12.2 Å². The Labute approximate surface area is 176 Å². The Morgan fingerprint density at radius 3 is 2.58 bits per heavy atom. The quantitative estimate of drug-likeness (QED) is 0.122. The molecule has 0 aliphatic carbocycles. The van der Waals surface area contributed by atoms with Crippen molar-refractivity contribution in [1.29, 1.82) is 5.41 Å². The van der Waals surface area contributed by atoms with Crippen LogP contribution in [0.1, 0.15) is 28.8 Å². The SMILES string of the molecule is N=C(N)Nc1ccc(C(=O)Oc2cccc(C3=NO[C@@](CC(O)O)(C(=O)O)C3)c2)cc1. The molecule has 0 amide bonds. The van der Waals surface area contributed by atoms with Gasteiger partial charge in [0.2, 0.25) is 5.60 Å². The Bertz CT molecular complexity index is 1040. The maximum absolute atomic E-state index is 12.4. The van der Waals surface area contributed by atoms with E-state index in [0.717, 1.165) is 0 Å². The number of anilines is 1. The maximum atomic E-state index is 12.4. The summed E-state index contributed by atoms with van der Waals surface area (Å²) in [5, 5.41) is 41.4. The number of carboxylic acid groups (broad SMARTS) is 1. The van der Waals surface area contributed by atoms with E-state index >= 15 is 0 Å². The summed E-state index contributed by atoms with van der Waals surface area (Å²) in [7, 11) is 0. The molecule has 3 rings (SSSR count). The number of benzene rings is 2. The first-order valence-corrected chi connectivity index (χ1v) is 9.07. The van der Waals surface area contributed by atoms with E-state index in [9.17, 15) is 24.9 Å². The molecule has 0 saturated heterocycles. The van der Waals surface area contributed by atoms with Crippen LogP contribution in [-0.2, 0) is 9.63 Å². The number of esters is 1.